The van der Waals surface area contributed by atoms with E-state index in [2.05, 4.69) is 11.8 Å². The van der Waals surface area contributed by atoms with Gasteiger partial charge in [0.15, 0.2) is 0 Å². The average molecular weight is 335 g/mol. The van der Waals surface area contributed by atoms with Gasteiger partial charge in [-0.25, -0.2) is 0 Å². The largest absolute Gasteiger partial charge is 0.387 e. The lowest BCUT2D eigenvalue weighted by Gasteiger charge is -2.32. The molecule has 4 nitrogen and oxygen atoms in total. The van der Waals surface area contributed by atoms with Crippen molar-refractivity contribution in [3.05, 3.63) is 70.8 Å². The number of carbonyl (C=O) groups is 1. The maximum atomic E-state index is 12.8. The SMILES string of the molecule is CC(C)(O)C#Cc1cccc(C(=O)N2Cc3ccccc3C(O)C2)c1. The summed E-state index contributed by atoms with van der Waals surface area (Å²) in [6.45, 7) is 3.98. The monoisotopic (exact) mass is 335 g/mol. The molecule has 2 aromatic rings. The Labute approximate surface area is 147 Å². The van der Waals surface area contributed by atoms with Gasteiger partial charge in [0, 0.05) is 17.7 Å². The summed E-state index contributed by atoms with van der Waals surface area (Å²) in [4.78, 5) is 14.5. The van der Waals surface area contributed by atoms with Crippen LogP contribution < -0.4 is 0 Å². The van der Waals surface area contributed by atoms with Crippen LogP contribution in [0.2, 0.25) is 0 Å². The van der Waals surface area contributed by atoms with E-state index in [4.69, 9.17) is 0 Å². The van der Waals surface area contributed by atoms with Gasteiger partial charge < -0.3 is 15.1 Å². The number of aliphatic hydroxyl groups is 2. The maximum Gasteiger partial charge on any atom is 0.254 e. The molecule has 0 radical (unpaired) electrons. The molecule has 2 aromatic carbocycles. The summed E-state index contributed by atoms with van der Waals surface area (Å²) in [6, 6.07) is 14.7. The topological polar surface area (TPSA) is 60.8 Å². The van der Waals surface area contributed by atoms with Crippen LogP contribution >= 0.6 is 0 Å². The molecule has 0 saturated carbocycles. The number of benzene rings is 2. The first-order valence-electron chi connectivity index (χ1n) is 8.24. The maximum absolute atomic E-state index is 12.8. The molecule has 0 aromatic heterocycles. The van der Waals surface area contributed by atoms with Gasteiger partial charge in [-0.3, -0.25) is 4.79 Å². The number of amides is 1. The zero-order chi connectivity index (χ0) is 18.0. The zero-order valence-corrected chi connectivity index (χ0v) is 14.4. The molecule has 0 saturated heterocycles. The quantitative estimate of drug-likeness (QED) is 0.787. The highest BCUT2D eigenvalue weighted by molar-refractivity contribution is 5.94. The number of β-amino-alcohol motifs (C(OH)–C–C–N with tert-alkyl or cyclic N) is 1. The van der Waals surface area contributed by atoms with Crippen LogP contribution in [0.3, 0.4) is 0 Å². The van der Waals surface area contributed by atoms with Gasteiger partial charge in [0.2, 0.25) is 0 Å². The molecule has 1 amide bonds. The Kier molecular flexibility index (Phi) is 4.63. The predicted octanol–water partition coefficient (Wildman–Crippen LogP) is 2.50. The second-order valence-electron chi connectivity index (χ2n) is 6.79. The number of carbonyl (C=O) groups excluding carboxylic acids is 1. The first-order chi connectivity index (χ1) is 11.8. The van der Waals surface area contributed by atoms with Gasteiger partial charge in [-0.2, -0.15) is 0 Å². The van der Waals surface area contributed by atoms with Crippen molar-refractivity contribution in [2.24, 2.45) is 0 Å². The van der Waals surface area contributed by atoms with E-state index in [0.29, 0.717) is 17.7 Å². The second kappa shape index (κ2) is 6.72. The summed E-state index contributed by atoms with van der Waals surface area (Å²) in [7, 11) is 0. The Morgan fingerprint density at radius 3 is 2.72 bits per heavy atom. The zero-order valence-electron chi connectivity index (χ0n) is 14.4. The normalized spacial score (nSPS) is 16.6. The van der Waals surface area contributed by atoms with Gasteiger partial charge in [-0.1, -0.05) is 42.2 Å². The Hall–Kier alpha value is -2.61. The standard InChI is InChI=1S/C21H21NO3/c1-21(2,25)11-10-15-6-5-8-16(12-15)20(24)22-13-17-7-3-4-9-18(17)19(23)14-22/h3-9,12,19,23,25H,13-14H2,1-2H3. The van der Waals surface area contributed by atoms with Crippen molar-refractivity contribution in [2.45, 2.75) is 32.1 Å². The molecule has 0 aliphatic carbocycles. The number of rotatable bonds is 1. The molecule has 0 fully saturated rings. The highest BCUT2D eigenvalue weighted by Crippen LogP contribution is 2.27. The Morgan fingerprint density at radius 1 is 1.20 bits per heavy atom. The van der Waals surface area contributed by atoms with Crippen molar-refractivity contribution in [1.82, 2.24) is 4.90 Å². The van der Waals surface area contributed by atoms with Gasteiger partial charge in [-0.05, 0) is 43.2 Å². The number of hydrogen-bond acceptors (Lipinski definition) is 3. The first kappa shape index (κ1) is 17.2. The van der Waals surface area contributed by atoms with Crippen LogP contribution in [0.5, 0.6) is 0 Å². The van der Waals surface area contributed by atoms with E-state index in [0.717, 1.165) is 11.1 Å². The Balaban J connectivity index is 1.83. The minimum atomic E-state index is -1.08. The molecule has 1 unspecified atom stereocenters. The fourth-order valence-corrected chi connectivity index (χ4v) is 2.87. The Morgan fingerprint density at radius 2 is 1.96 bits per heavy atom. The van der Waals surface area contributed by atoms with Crippen LogP contribution in [0.25, 0.3) is 0 Å². The lowest BCUT2D eigenvalue weighted by molar-refractivity contribution is 0.0550. The highest BCUT2D eigenvalue weighted by atomic mass is 16.3. The van der Waals surface area contributed by atoms with E-state index in [-0.39, 0.29) is 12.5 Å². The minimum absolute atomic E-state index is 0.138. The molecular weight excluding hydrogens is 314 g/mol. The second-order valence-corrected chi connectivity index (χ2v) is 6.79. The van der Waals surface area contributed by atoms with Crippen molar-refractivity contribution >= 4 is 5.91 Å². The number of aliphatic hydroxyl groups excluding tert-OH is 1. The van der Waals surface area contributed by atoms with Gasteiger partial charge in [0.1, 0.15) is 5.60 Å². The summed E-state index contributed by atoms with van der Waals surface area (Å²) in [5.74, 6) is 5.49. The molecule has 0 bridgehead atoms. The van der Waals surface area contributed by atoms with Crippen molar-refractivity contribution < 1.29 is 15.0 Å². The summed E-state index contributed by atoms with van der Waals surface area (Å²) < 4.78 is 0. The molecule has 1 heterocycles. The van der Waals surface area contributed by atoms with E-state index < -0.39 is 11.7 Å². The van der Waals surface area contributed by atoms with E-state index in [9.17, 15) is 15.0 Å². The van der Waals surface area contributed by atoms with Crippen molar-refractivity contribution in [2.75, 3.05) is 6.54 Å². The van der Waals surface area contributed by atoms with Gasteiger partial charge in [-0.15, -0.1) is 0 Å². The van der Waals surface area contributed by atoms with Crippen LogP contribution in [-0.2, 0) is 6.54 Å². The first-order valence-corrected chi connectivity index (χ1v) is 8.24. The molecule has 1 aliphatic rings. The molecule has 2 N–H and O–H groups in total. The number of fused-ring (bicyclic) bond motifs is 1. The third-order valence-electron chi connectivity index (χ3n) is 4.08. The number of nitrogens with zero attached hydrogens (tertiary/aromatic N) is 1. The highest BCUT2D eigenvalue weighted by Gasteiger charge is 2.27. The van der Waals surface area contributed by atoms with E-state index in [1.54, 1.807) is 43.0 Å². The number of hydrogen-bond donors (Lipinski definition) is 2. The minimum Gasteiger partial charge on any atom is -0.387 e. The van der Waals surface area contributed by atoms with Gasteiger partial charge in [0.05, 0.1) is 12.6 Å². The van der Waals surface area contributed by atoms with Crippen LogP contribution in [0.1, 0.15) is 47.0 Å². The van der Waals surface area contributed by atoms with Gasteiger partial charge >= 0.3 is 0 Å². The van der Waals surface area contributed by atoms with E-state index in [1.165, 1.54) is 0 Å². The van der Waals surface area contributed by atoms with Gasteiger partial charge in [0.25, 0.3) is 5.91 Å². The molecule has 0 spiro atoms. The predicted molar refractivity (Wildman–Crippen MR) is 95.8 cm³/mol. The fourth-order valence-electron chi connectivity index (χ4n) is 2.87. The molecule has 25 heavy (non-hydrogen) atoms. The summed E-state index contributed by atoms with van der Waals surface area (Å²) in [5, 5.41) is 20.0. The van der Waals surface area contributed by atoms with E-state index in [1.807, 2.05) is 24.3 Å². The third-order valence-corrected chi connectivity index (χ3v) is 4.08. The Bertz CT molecular complexity index is 855. The van der Waals surface area contributed by atoms with Crippen molar-refractivity contribution in [1.29, 1.82) is 0 Å². The lowest BCUT2D eigenvalue weighted by atomic mass is 9.97. The summed E-state index contributed by atoms with van der Waals surface area (Å²) in [5.41, 5.74) is 1.96. The van der Waals surface area contributed by atoms with Crippen molar-refractivity contribution in [3.8, 4) is 11.8 Å². The lowest BCUT2D eigenvalue weighted by Crippen LogP contribution is -2.38. The molecule has 1 aliphatic heterocycles. The van der Waals surface area contributed by atoms with Crippen LogP contribution in [-0.4, -0.2) is 33.2 Å². The summed E-state index contributed by atoms with van der Waals surface area (Å²) >= 11 is 0. The smallest absolute Gasteiger partial charge is 0.254 e. The van der Waals surface area contributed by atoms with Crippen LogP contribution in [0.15, 0.2) is 48.5 Å². The average Bonchev–Trinajstić information content (AvgIpc) is 2.59. The van der Waals surface area contributed by atoms with E-state index >= 15 is 0 Å². The van der Waals surface area contributed by atoms with Crippen LogP contribution in [0, 0.1) is 11.8 Å². The molecular formula is C21H21NO3. The molecule has 128 valence electrons. The van der Waals surface area contributed by atoms with Crippen LogP contribution in [0.4, 0.5) is 0 Å². The fraction of sp³-hybridized carbons (Fsp3) is 0.286. The van der Waals surface area contributed by atoms with Crippen molar-refractivity contribution in [3.63, 3.8) is 0 Å². The summed E-state index contributed by atoms with van der Waals surface area (Å²) in [6.07, 6.45) is -0.674. The molecule has 3 rings (SSSR count). The molecule has 1 atom stereocenters. The third kappa shape index (κ3) is 4.08. The molecule has 4 heteroatoms.